The Hall–Kier alpha value is -1.55. The largest absolute Gasteiger partial charge is 0.494 e. The second-order valence-corrected chi connectivity index (χ2v) is 4.83. The van der Waals surface area contributed by atoms with Gasteiger partial charge in [0.2, 0.25) is 0 Å². The molecule has 0 radical (unpaired) electrons. The predicted octanol–water partition coefficient (Wildman–Crippen LogP) is 3.62. The second-order valence-electron chi connectivity index (χ2n) is 4.83. The van der Waals surface area contributed by atoms with E-state index in [2.05, 4.69) is 5.32 Å². The van der Waals surface area contributed by atoms with E-state index in [1.54, 1.807) is 0 Å². The number of nitrogens with one attached hydrogen (secondary N) is 1. The maximum absolute atomic E-state index is 12.4. The Labute approximate surface area is 121 Å². The number of carbonyl (C=O) groups excluding carboxylic acids is 1. The Kier molecular flexibility index (Phi) is 6.52. The lowest BCUT2D eigenvalue weighted by Gasteiger charge is -2.27. The fourth-order valence-corrected chi connectivity index (χ4v) is 2.11. The van der Waals surface area contributed by atoms with Gasteiger partial charge in [-0.3, -0.25) is 4.79 Å². The Balaban J connectivity index is 2.72. The van der Waals surface area contributed by atoms with Crippen molar-refractivity contribution in [2.45, 2.75) is 46.1 Å². The first-order valence-electron chi connectivity index (χ1n) is 7.24. The molecule has 0 spiro atoms. The number of amides is 1. The minimum Gasteiger partial charge on any atom is -0.494 e. The van der Waals surface area contributed by atoms with E-state index in [-0.39, 0.29) is 5.91 Å². The number of hydrogen-bond acceptors (Lipinski definition) is 3. The molecule has 0 heterocycles. The fourth-order valence-electron chi connectivity index (χ4n) is 2.11. The van der Waals surface area contributed by atoms with E-state index < -0.39 is 5.60 Å². The van der Waals surface area contributed by atoms with Crippen molar-refractivity contribution in [3.05, 3.63) is 24.3 Å². The molecule has 0 aliphatic carbocycles. The molecule has 0 bridgehead atoms. The predicted molar refractivity (Wildman–Crippen MR) is 81.2 cm³/mol. The van der Waals surface area contributed by atoms with Crippen molar-refractivity contribution in [1.82, 2.24) is 0 Å². The average molecular weight is 279 g/mol. The summed E-state index contributed by atoms with van der Waals surface area (Å²) in [6.07, 6.45) is 1.59. The van der Waals surface area contributed by atoms with Crippen molar-refractivity contribution >= 4 is 11.6 Å². The highest BCUT2D eigenvalue weighted by Gasteiger charge is 2.32. The molecule has 0 saturated heterocycles. The van der Waals surface area contributed by atoms with Crippen LogP contribution in [-0.4, -0.2) is 24.7 Å². The monoisotopic (exact) mass is 279 g/mol. The molecule has 1 aromatic carbocycles. The summed E-state index contributed by atoms with van der Waals surface area (Å²) >= 11 is 0. The van der Waals surface area contributed by atoms with Crippen molar-refractivity contribution in [2.75, 3.05) is 18.5 Å². The summed E-state index contributed by atoms with van der Waals surface area (Å²) in [5, 5.41) is 2.90. The van der Waals surface area contributed by atoms with Crippen molar-refractivity contribution < 1.29 is 14.3 Å². The van der Waals surface area contributed by atoms with Gasteiger partial charge in [0.25, 0.3) is 5.91 Å². The zero-order valence-electron chi connectivity index (χ0n) is 12.9. The van der Waals surface area contributed by atoms with Crippen LogP contribution >= 0.6 is 0 Å². The van der Waals surface area contributed by atoms with Gasteiger partial charge in [0.1, 0.15) is 11.4 Å². The molecule has 1 atom stereocenters. The first-order valence-corrected chi connectivity index (χ1v) is 7.24. The van der Waals surface area contributed by atoms with Gasteiger partial charge < -0.3 is 14.8 Å². The summed E-state index contributed by atoms with van der Waals surface area (Å²) in [6, 6.07) is 7.36. The van der Waals surface area contributed by atoms with Gasteiger partial charge in [0.15, 0.2) is 0 Å². The van der Waals surface area contributed by atoms with Crippen molar-refractivity contribution in [1.29, 1.82) is 0 Å². The Morgan fingerprint density at radius 3 is 2.30 bits per heavy atom. The zero-order chi connectivity index (χ0) is 15.0. The third-order valence-corrected chi connectivity index (χ3v) is 3.09. The van der Waals surface area contributed by atoms with E-state index in [4.69, 9.17) is 9.47 Å². The Morgan fingerprint density at radius 2 is 1.80 bits per heavy atom. The van der Waals surface area contributed by atoms with Crippen LogP contribution in [0, 0.1) is 0 Å². The fraction of sp³-hybridized carbons (Fsp3) is 0.562. The zero-order valence-corrected chi connectivity index (χ0v) is 12.9. The van der Waals surface area contributed by atoms with E-state index in [1.165, 1.54) is 0 Å². The highest BCUT2D eigenvalue weighted by molar-refractivity contribution is 5.97. The smallest absolute Gasteiger partial charge is 0.256 e. The quantitative estimate of drug-likeness (QED) is 0.790. The summed E-state index contributed by atoms with van der Waals surface area (Å²) in [5.41, 5.74) is -0.0253. The second kappa shape index (κ2) is 7.90. The number of hydrogen-bond donors (Lipinski definition) is 1. The first kappa shape index (κ1) is 16.5. The Bertz CT molecular complexity index is 408. The molecule has 0 aromatic heterocycles. The van der Waals surface area contributed by atoms with Gasteiger partial charge in [0.05, 0.1) is 6.61 Å². The summed E-state index contributed by atoms with van der Waals surface area (Å²) in [6.45, 7) is 8.87. The van der Waals surface area contributed by atoms with E-state index in [0.29, 0.717) is 19.6 Å². The Morgan fingerprint density at radius 1 is 1.15 bits per heavy atom. The molecular weight excluding hydrogens is 254 g/mol. The van der Waals surface area contributed by atoms with Crippen LogP contribution in [0.5, 0.6) is 5.75 Å². The lowest BCUT2D eigenvalue weighted by molar-refractivity contribution is -0.139. The van der Waals surface area contributed by atoms with Gasteiger partial charge in [-0.2, -0.15) is 0 Å². The molecule has 0 aliphatic rings. The summed E-state index contributed by atoms with van der Waals surface area (Å²) in [5.74, 6) is 0.692. The highest BCUT2D eigenvalue weighted by atomic mass is 16.5. The summed E-state index contributed by atoms with van der Waals surface area (Å²) in [7, 11) is 0. The third-order valence-electron chi connectivity index (χ3n) is 3.09. The van der Waals surface area contributed by atoms with Gasteiger partial charge in [-0.25, -0.2) is 0 Å². The lowest BCUT2D eigenvalue weighted by atomic mass is 9.99. The van der Waals surface area contributed by atoms with Gasteiger partial charge in [0, 0.05) is 12.3 Å². The molecule has 0 saturated carbocycles. The van der Waals surface area contributed by atoms with Crippen LogP contribution in [0.25, 0.3) is 0 Å². The molecule has 0 aliphatic heterocycles. The molecule has 1 rings (SSSR count). The van der Waals surface area contributed by atoms with E-state index in [1.807, 2.05) is 52.0 Å². The van der Waals surface area contributed by atoms with Crippen LogP contribution in [0.1, 0.15) is 40.5 Å². The minimum absolute atomic E-state index is 0.106. The summed E-state index contributed by atoms with van der Waals surface area (Å²) in [4.78, 5) is 12.4. The van der Waals surface area contributed by atoms with Crippen LogP contribution in [0.3, 0.4) is 0 Å². The molecule has 1 aromatic rings. The van der Waals surface area contributed by atoms with Crippen molar-refractivity contribution in [2.24, 2.45) is 0 Å². The van der Waals surface area contributed by atoms with Gasteiger partial charge >= 0.3 is 0 Å². The van der Waals surface area contributed by atoms with Crippen LogP contribution in [0.4, 0.5) is 5.69 Å². The van der Waals surface area contributed by atoms with Gasteiger partial charge in [-0.15, -0.1) is 0 Å². The van der Waals surface area contributed by atoms with Gasteiger partial charge in [-0.05, 0) is 51.5 Å². The first-order chi connectivity index (χ1) is 9.55. The lowest BCUT2D eigenvalue weighted by Crippen LogP contribution is -2.42. The third kappa shape index (κ3) is 4.53. The SMILES string of the molecule is CCC[C@@](C)(OCC)C(=O)Nc1ccc(OCC)cc1. The molecule has 112 valence electrons. The van der Waals surface area contributed by atoms with E-state index >= 15 is 0 Å². The van der Waals surface area contributed by atoms with Crippen LogP contribution < -0.4 is 10.1 Å². The van der Waals surface area contributed by atoms with Crippen LogP contribution in [0.15, 0.2) is 24.3 Å². The standard InChI is InChI=1S/C16H25NO3/c1-5-12-16(4,20-7-3)15(18)17-13-8-10-14(11-9-13)19-6-2/h8-11H,5-7,12H2,1-4H3,(H,17,18)/t16-/m1/s1. The van der Waals surface area contributed by atoms with Gasteiger partial charge in [-0.1, -0.05) is 13.3 Å². The maximum atomic E-state index is 12.4. The molecule has 20 heavy (non-hydrogen) atoms. The average Bonchev–Trinajstić information content (AvgIpc) is 2.42. The van der Waals surface area contributed by atoms with Crippen molar-refractivity contribution in [3.63, 3.8) is 0 Å². The van der Waals surface area contributed by atoms with E-state index in [0.717, 1.165) is 17.9 Å². The number of benzene rings is 1. The highest BCUT2D eigenvalue weighted by Crippen LogP contribution is 2.22. The molecule has 1 amide bonds. The topological polar surface area (TPSA) is 47.6 Å². The number of carbonyl (C=O) groups is 1. The molecule has 4 heteroatoms. The molecule has 0 unspecified atom stereocenters. The maximum Gasteiger partial charge on any atom is 0.256 e. The molecule has 0 fully saturated rings. The minimum atomic E-state index is -0.776. The van der Waals surface area contributed by atoms with Crippen LogP contribution in [-0.2, 0) is 9.53 Å². The molecule has 1 N–H and O–H groups in total. The summed E-state index contributed by atoms with van der Waals surface area (Å²) < 4.78 is 11.0. The van der Waals surface area contributed by atoms with Crippen molar-refractivity contribution in [3.8, 4) is 5.75 Å². The van der Waals surface area contributed by atoms with E-state index in [9.17, 15) is 4.79 Å². The van der Waals surface area contributed by atoms with Crippen LogP contribution in [0.2, 0.25) is 0 Å². The number of ether oxygens (including phenoxy) is 2. The number of rotatable bonds is 8. The molecule has 4 nitrogen and oxygen atoms in total. The molecular formula is C16H25NO3. The normalized spacial score (nSPS) is 13.6. The number of anilines is 1.